The summed E-state index contributed by atoms with van der Waals surface area (Å²) in [7, 11) is 0. The SMILES string of the molecule is N[C@@H](CO)[C@H](O)[C@H](O)CCc1ccccc1. The van der Waals surface area contributed by atoms with Crippen LogP contribution in [-0.4, -0.2) is 40.2 Å². The Morgan fingerprint density at radius 2 is 1.75 bits per heavy atom. The Morgan fingerprint density at radius 1 is 1.12 bits per heavy atom. The van der Waals surface area contributed by atoms with Crippen LogP contribution in [0.3, 0.4) is 0 Å². The molecule has 0 radical (unpaired) electrons. The Morgan fingerprint density at radius 3 is 2.31 bits per heavy atom. The minimum absolute atomic E-state index is 0.330. The van der Waals surface area contributed by atoms with Crippen molar-refractivity contribution < 1.29 is 15.3 Å². The Hall–Kier alpha value is -0.940. The molecule has 4 nitrogen and oxygen atoms in total. The van der Waals surface area contributed by atoms with Crippen molar-refractivity contribution in [3.63, 3.8) is 0 Å². The number of hydrogen-bond donors (Lipinski definition) is 4. The van der Waals surface area contributed by atoms with Gasteiger partial charge in [-0.1, -0.05) is 30.3 Å². The van der Waals surface area contributed by atoms with E-state index in [0.29, 0.717) is 12.8 Å². The first kappa shape index (κ1) is 13.1. The van der Waals surface area contributed by atoms with Gasteiger partial charge in [-0.15, -0.1) is 0 Å². The van der Waals surface area contributed by atoms with E-state index in [0.717, 1.165) is 5.56 Å². The number of aryl methyl sites for hydroxylation is 1. The maximum Gasteiger partial charge on any atom is 0.0971 e. The summed E-state index contributed by atoms with van der Waals surface area (Å²) in [5.74, 6) is 0. The van der Waals surface area contributed by atoms with Crippen LogP contribution in [0.1, 0.15) is 12.0 Å². The van der Waals surface area contributed by atoms with Gasteiger partial charge in [-0.3, -0.25) is 0 Å². The van der Waals surface area contributed by atoms with Gasteiger partial charge in [0.25, 0.3) is 0 Å². The van der Waals surface area contributed by atoms with E-state index in [-0.39, 0.29) is 6.61 Å². The Bertz CT molecular complexity index is 292. The van der Waals surface area contributed by atoms with Gasteiger partial charge in [0.15, 0.2) is 0 Å². The van der Waals surface area contributed by atoms with E-state index in [2.05, 4.69) is 0 Å². The van der Waals surface area contributed by atoms with Crippen molar-refractivity contribution >= 4 is 0 Å². The van der Waals surface area contributed by atoms with Gasteiger partial charge in [-0.2, -0.15) is 0 Å². The van der Waals surface area contributed by atoms with Gasteiger partial charge in [0.2, 0.25) is 0 Å². The largest absolute Gasteiger partial charge is 0.395 e. The molecule has 90 valence electrons. The molecule has 0 aliphatic carbocycles. The standard InChI is InChI=1S/C12H19NO3/c13-10(8-14)12(16)11(15)7-6-9-4-2-1-3-5-9/h1-5,10-12,14-16H,6-8,13H2/t10-,11+,12-/m0/s1. The van der Waals surface area contributed by atoms with Gasteiger partial charge in [0.1, 0.15) is 0 Å². The first-order valence-corrected chi connectivity index (χ1v) is 5.41. The summed E-state index contributed by atoms with van der Waals surface area (Å²) in [6.45, 7) is -0.330. The fourth-order valence-electron chi connectivity index (χ4n) is 1.52. The third kappa shape index (κ3) is 3.90. The maximum atomic E-state index is 9.64. The van der Waals surface area contributed by atoms with Gasteiger partial charge >= 0.3 is 0 Å². The molecular weight excluding hydrogens is 206 g/mol. The summed E-state index contributed by atoms with van der Waals surface area (Å²) in [4.78, 5) is 0. The third-order valence-corrected chi connectivity index (χ3v) is 2.62. The lowest BCUT2D eigenvalue weighted by atomic mass is 10.00. The Balaban J connectivity index is 2.38. The average Bonchev–Trinajstić information content (AvgIpc) is 2.35. The smallest absolute Gasteiger partial charge is 0.0971 e. The van der Waals surface area contributed by atoms with Crippen LogP contribution in [0.5, 0.6) is 0 Å². The average molecular weight is 225 g/mol. The molecular formula is C12H19NO3. The zero-order valence-electron chi connectivity index (χ0n) is 9.16. The summed E-state index contributed by atoms with van der Waals surface area (Å²) < 4.78 is 0. The molecule has 0 unspecified atom stereocenters. The second-order valence-corrected chi connectivity index (χ2v) is 3.93. The molecule has 0 bridgehead atoms. The van der Waals surface area contributed by atoms with Crippen molar-refractivity contribution in [2.24, 2.45) is 5.73 Å². The van der Waals surface area contributed by atoms with Crippen LogP contribution in [0.15, 0.2) is 30.3 Å². The molecule has 0 saturated carbocycles. The predicted molar refractivity (Wildman–Crippen MR) is 61.8 cm³/mol. The van der Waals surface area contributed by atoms with E-state index in [1.807, 2.05) is 30.3 Å². The van der Waals surface area contributed by atoms with Crippen LogP contribution in [0.4, 0.5) is 0 Å². The quantitative estimate of drug-likeness (QED) is 0.533. The lowest BCUT2D eigenvalue weighted by molar-refractivity contribution is -0.0107. The van der Waals surface area contributed by atoms with E-state index < -0.39 is 18.2 Å². The highest BCUT2D eigenvalue weighted by molar-refractivity contribution is 5.14. The molecule has 0 saturated heterocycles. The fourth-order valence-corrected chi connectivity index (χ4v) is 1.52. The molecule has 1 aromatic rings. The van der Waals surface area contributed by atoms with Gasteiger partial charge < -0.3 is 21.1 Å². The second kappa shape index (κ2) is 6.60. The highest BCUT2D eigenvalue weighted by atomic mass is 16.3. The van der Waals surface area contributed by atoms with Crippen molar-refractivity contribution in [3.05, 3.63) is 35.9 Å². The summed E-state index contributed by atoms with van der Waals surface area (Å²) in [6, 6.07) is 8.92. The summed E-state index contributed by atoms with van der Waals surface area (Å²) >= 11 is 0. The highest BCUT2D eigenvalue weighted by Gasteiger charge is 2.22. The van der Waals surface area contributed by atoms with E-state index in [4.69, 9.17) is 10.8 Å². The minimum Gasteiger partial charge on any atom is -0.395 e. The number of rotatable bonds is 6. The molecule has 1 rings (SSSR count). The van der Waals surface area contributed by atoms with Crippen molar-refractivity contribution in [2.45, 2.75) is 31.1 Å². The van der Waals surface area contributed by atoms with Crippen molar-refractivity contribution in [1.82, 2.24) is 0 Å². The Labute approximate surface area is 95.3 Å². The molecule has 0 amide bonds. The lowest BCUT2D eigenvalue weighted by Crippen LogP contribution is -2.45. The van der Waals surface area contributed by atoms with E-state index in [1.54, 1.807) is 0 Å². The van der Waals surface area contributed by atoms with Crippen LogP contribution < -0.4 is 5.73 Å². The van der Waals surface area contributed by atoms with Crippen LogP contribution >= 0.6 is 0 Å². The molecule has 5 N–H and O–H groups in total. The van der Waals surface area contributed by atoms with E-state index >= 15 is 0 Å². The molecule has 0 fully saturated rings. The number of nitrogens with two attached hydrogens (primary N) is 1. The minimum atomic E-state index is -1.08. The topological polar surface area (TPSA) is 86.7 Å². The summed E-state index contributed by atoms with van der Waals surface area (Å²) in [5.41, 5.74) is 6.53. The van der Waals surface area contributed by atoms with Crippen molar-refractivity contribution in [2.75, 3.05) is 6.61 Å². The predicted octanol–water partition coefficient (Wildman–Crippen LogP) is -0.339. The van der Waals surface area contributed by atoms with Crippen LogP contribution in [0.2, 0.25) is 0 Å². The van der Waals surface area contributed by atoms with Gasteiger partial charge in [0.05, 0.1) is 24.9 Å². The second-order valence-electron chi connectivity index (χ2n) is 3.93. The number of benzene rings is 1. The summed E-state index contributed by atoms with van der Waals surface area (Å²) in [5, 5.41) is 27.9. The van der Waals surface area contributed by atoms with Crippen LogP contribution in [0, 0.1) is 0 Å². The molecule has 1 aromatic carbocycles. The zero-order valence-corrected chi connectivity index (χ0v) is 9.16. The van der Waals surface area contributed by atoms with E-state index in [9.17, 15) is 10.2 Å². The van der Waals surface area contributed by atoms with Crippen molar-refractivity contribution in [3.8, 4) is 0 Å². The number of aliphatic hydroxyl groups excluding tert-OH is 3. The Kier molecular flexibility index (Phi) is 5.42. The molecule has 3 atom stereocenters. The molecule has 0 spiro atoms. The number of hydrogen-bond acceptors (Lipinski definition) is 4. The fraction of sp³-hybridized carbons (Fsp3) is 0.500. The van der Waals surface area contributed by atoms with Crippen LogP contribution in [0.25, 0.3) is 0 Å². The highest BCUT2D eigenvalue weighted by Crippen LogP contribution is 2.08. The normalized spacial score (nSPS) is 16.8. The molecule has 0 heterocycles. The van der Waals surface area contributed by atoms with Gasteiger partial charge in [0, 0.05) is 0 Å². The van der Waals surface area contributed by atoms with Gasteiger partial charge in [-0.05, 0) is 18.4 Å². The lowest BCUT2D eigenvalue weighted by Gasteiger charge is -2.22. The molecule has 0 aliphatic rings. The monoisotopic (exact) mass is 225 g/mol. The van der Waals surface area contributed by atoms with Crippen LogP contribution in [-0.2, 0) is 6.42 Å². The summed E-state index contributed by atoms with van der Waals surface area (Å²) in [6.07, 6.45) is -0.869. The number of aliphatic hydroxyl groups is 3. The zero-order chi connectivity index (χ0) is 12.0. The molecule has 0 aromatic heterocycles. The van der Waals surface area contributed by atoms with Crippen molar-refractivity contribution in [1.29, 1.82) is 0 Å². The third-order valence-electron chi connectivity index (χ3n) is 2.62. The maximum absolute atomic E-state index is 9.64. The first-order valence-electron chi connectivity index (χ1n) is 5.41. The molecule has 4 heteroatoms. The first-order chi connectivity index (χ1) is 7.65. The van der Waals surface area contributed by atoms with E-state index in [1.165, 1.54) is 0 Å². The molecule has 16 heavy (non-hydrogen) atoms. The molecule has 0 aliphatic heterocycles. The van der Waals surface area contributed by atoms with Gasteiger partial charge in [-0.25, -0.2) is 0 Å².